The van der Waals surface area contributed by atoms with Gasteiger partial charge >= 0.3 is 0 Å². The Kier molecular flexibility index (Phi) is 5.74. The third-order valence-corrected chi connectivity index (χ3v) is 5.28. The van der Waals surface area contributed by atoms with Crippen molar-refractivity contribution in [3.63, 3.8) is 0 Å². The fraction of sp³-hybridized carbons (Fsp3) is 0.200. The third kappa shape index (κ3) is 3.97. The van der Waals surface area contributed by atoms with Crippen LogP contribution in [0.25, 0.3) is 6.08 Å². The Balaban J connectivity index is 1.81. The molecule has 1 fully saturated rings. The van der Waals surface area contributed by atoms with Crippen molar-refractivity contribution in [2.24, 2.45) is 0 Å². The fourth-order valence-corrected chi connectivity index (χ4v) is 3.70. The number of amides is 1. The molecule has 1 amide bonds. The highest BCUT2D eigenvalue weighted by molar-refractivity contribution is 8.27. The number of carbonyl (C=O) groups is 1. The quantitative estimate of drug-likeness (QED) is 0.507. The highest BCUT2D eigenvalue weighted by atomic mass is 32.2. The molecule has 0 radical (unpaired) electrons. The van der Waals surface area contributed by atoms with Crippen LogP contribution in [0.1, 0.15) is 25.8 Å². The molecule has 1 saturated heterocycles. The molecule has 1 heterocycles. The lowest BCUT2D eigenvalue weighted by Gasteiger charge is -2.14. The summed E-state index contributed by atoms with van der Waals surface area (Å²) in [6.07, 6.45) is 2.84. The maximum atomic E-state index is 14.0. The number of nitrogens with zero attached hydrogens (tertiary/aromatic N) is 1. The van der Waals surface area contributed by atoms with E-state index in [2.05, 4.69) is 6.92 Å². The van der Waals surface area contributed by atoms with Crippen molar-refractivity contribution in [2.75, 3.05) is 4.90 Å². The lowest BCUT2D eigenvalue weighted by molar-refractivity contribution is -0.113. The van der Waals surface area contributed by atoms with Crippen LogP contribution in [0.5, 0.6) is 5.75 Å². The molecule has 0 saturated carbocycles. The van der Waals surface area contributed by atoms with Crippen LogP contribution < -0.4 is 9.64 Å². The van der Waals surface area contributed by atoms with Crippen LogP contribution in [0.2, 0.25) is 0 Å². The molecule has 6 heteroatoms. The maximum absolute atomic E-state index is 14.0. The largest absolute Gasteiger partial charge is 0.491 e. The van der Waals surface area contributed by atoms with Crippen molar-refractivity contribution >= 4 is 46.0 Å². The lowest BCUT2D eigenvalue weighted by Crippen LogP contribution is -2.28. The molecule has 1 aliphatic rings. The topological polar surface area (TPSA) is 29.5 Å². The van der Waals surface area contributed by atoms with Gasteiger partial charge in [-0.25, -0.2) is 4.39 Å². The number of ether oxygens (including phenoxy) is 1. The van der Waals surface area contributed by atoms with Crippen LogP contribution in [0.15, 0.2) is 53.4 Å². The Hall–Kier alpha value is -2.18. The van der Waals surface area contributed by atoms with Crippen LogP contribution >= 0.6 is 24.0 Å². The first-order valence-electron chi connectivity index (χ1n) is 8.28. The second kappa shape index (κ2) is 8.01. The van der Waals surface area contributed by atoms with Crippen molar-refractivity contribution in [2.45, 2.75) is 26.4 Å². The van der Waals surface area contributed by atoms with Gasteiger partial charge in [0.1, 0.15) is 11.6 Å². The molecular weight excluding hydrogens is 369 g/mol. The number of rotatable bonds is 5. The van der Waals surface area contributed by atoms with E-state index in [-0.39, 0.29) is 17.7 Å². The maximum Gasteiger partial charge on any atom is 0.270 e. The minimum Gasteiger partial charge on any atom is -0.491 e. The Labute approximate surface area is 161 Å². The van der Waals surface area contributed by atoms with Crippen molar-refractivity contribution in [1.82, 2.24) is 0 Å². The molecule has 1 atom stereocenters. The minimum absolute atomic E-state index is 0.151. The highest BCUT2D eigenvalue weighted by Crippen LogP contribution is 2.37. The van der Waals surface area contributed by atoms with Gasteiger partial charge in [0.05, 0.1) is 16.7 Å². The van der Waals surface area contributed by atoms with Crippen LogP contribution in [0.4, 0.5) is 10.1 Å². The van der Waals surface area contributed by atoms with E-state index in [0.717, 1.165) is 17.7 Å². The molecule has 0 unspecified atom stereocenters. The van der Waals surface area contributed by atoms with Gasteiger partial charge in [-0.05, 0) is 49.2 Å². The number of thiocarbonyl (C=S) groups is 1. The number of halogens is 1. The van der Waals surface area contributed by atoms with Crippen LogP contribution in [-0.2, 0) is 4.79 Å². The number of carbonyl (C=O) groups excluding carboxylic acids is 1. The van der Waals surface area contributed by atoms with E-state index in [1.54, 1.807) is 24.3 Å². The summed E-state index contributed by atoms with van der Waals surface area (Å²) >= 11 is 6.44. The summed E-state index contributed by atoms with van der Waals surface area (Å²) in [4.78, 5) is 14.4. The van der Waals surface area contributed by atoms with E-state index >= 15 is 0 Å². The summed E-state index contributed by atoms with van der Waals surface area (Å²) in [5, 5.41) is 0. The zero-order valence-corrected chi connectivity index (χ0v) is 16.1. The summed E-state index contributed by atoms with van der Waals surface area (Å²) in [6.45, 7) is 4.08. The smallest absolute Gasteiger partial charge is 0.270 e. The molecule has 0 bridgehead atoms. The molecule has 2 aromatic carbocycles. The SMILES string of the molecule is CC[C@H](C)Oc1ccc(/C=C2/SC(=S)N(c3ccccc3F)C2=O)cc1. The number of benzene rings is 2. The van der Waals surface area contributed by atoms with E-state index in [4.69, 9.17) is 17.0 Å². The van der Waals surface area contributed by atoms with Crippen LogP contribution in [0.3, 0.4) is 0 Å². The van der Waals surface area contributed by atoms with E-state index in [1.807, 2.05) is 31.2 Å². The van der Waals surface area contributed by atoms with E-state index in [9.17, 15) is 9.18 Å². The Morgan fingerprint density at radius 2 is 1.92 bits per heavy atom. The fourth-order valence-electron chi connectivity index (χ4n) is 2.42. The van der Waals surface area contributed by atoms with Gasteiger partial charge in [-0.3, -0.25) is 9.69 Å². The van der Waals surface area contributed by atoms with E-state index < -0.39 is 5.82 Å². The molecule has 3 rings (SSSR count). The molecular formula is C20H18FNO2S2. The van der Waals surface area contributed by atoms with Gasteiger partial charge < -0.3 is 4.74 Å². The molecule has 134 valence electrons. The predicted octanol–water partition coefficient (Wildman–Crippen LogP) is 5.41. The van der Waals surface area contributed by atoms with Crippen molar-refractivity contribution in [3.05, 3.63) is 64.8 Å². The average Bonchev–Trinajstić information content (AvgIpc) is 2.91. The van der Waals surface area contributed by atoms with Crippen LogP contribution in [0, 0.1) is 5.82 Å². The molecule has 0 aromatic heterocycles. The Morgan fingerprint density at radius 1 is 1.23 bits per heavy atom. The number of para-hydroxylation sites is 1. The van der Waals surface area contributed by atoms with Gasteiger partial charge in [0.25, 0.3) is 5.91 Å². The highest BCUT2D eigenvalue weighted by Gasteiger charge is 2.34. The second-order valence-corrected chi connectivity index (χ2v) is 7.55. The second-order valence-electron chi connectivity index (χ2n) is 5.87. The van der Waals surface area contributed by atoms with Crippen molar-refractivity contribution in [1.29, 1.82) is 0 Å². The average molecular weight is 388 g/mol. The summed E-state index contributed by atoms with van der Waals surface area (Å²) in [5.74, 6) is -0.00275. The summed E-state index contributed by atoms with van der Waals surface area (Å²) in [5.41, 5.74) is 1.03. The standard InChI is InChI=1S/C20H18FNO2S2/c1-3-13(2)24-15-10-8-14(9-11-15)12-18-19(23)22(20(25)26-18)17-7-5-4-6-16(17)21/h4-13H,3H2,1-2H3/b18-12+/t13-/m0/s1. The van der Waals surface area contributed by atoms with Crippen molar-refractivity contribution in [3.8, 4) is 5.75 Å². The lowest BCUT2D eigenvalue weighted by atomic mass is 10.2. The molecule has 26 heavy (non-hydrogen) atoms. The summed E-state index contributed by atoms with van der Waals surface area (Å²) < 4.78 is 20.1. The number of thioether (sulfide) groups is 1. The predicted molar refractivity (Wildman–Crippen MR) is 109 cm³/mol. The summed E-state index contributed by atoms with van der Waals surface area (Å²) in [6, 6.07) is 13.6. The first-order valence-corrected chi connectivity index (χ1v) is 9.51. The van der Waals surface area contributed by atoms with Gasteiger partial charge in [-0.2, -0.15) is 0 Å². The molecule has 2 aromatic rings. The molecule has 1 aliphatic heterocycles. The van der Waals surface area contributed by atoms with E-state index in [0.29, 0.717) is 9.23 Å². The van der Waals surface area contributed by atoms with Gasteiger partial charge in [-0.15, -0.1) is 0 Å². The molecule has 0 spiro atoms. The monoisotopic (exact) mass is 387 g/mol. The Bertz CT molecular complexity index is 864. The van der Waals surface area contributed by atoms with Crippen molar-refractivity contribution < 1.29 is 13.9 Å². The third-order valence-electron chi connectivity index (χ3n) is 3.98. The van der Waals surface area contributed by atoms with Gasteiger partial charge in [0.2, 0.25) is 0 Å². The molecule has 3 nitrogen and oxygen atoms in total. The molecule has 0 aliphatic carbocycles. The van der Waals surface area contributed by atoms with E-state index in [1.165, 1.54) is 22.7 Å². The normalized spacial score (nSPS) is 17.0. The van der Waals surface area contributed by atoms with Gasteiger partial charge in [0.15, 0.2) is 4.32 Å². The number of anilines is 1. The summed E-state index contributed by atoms with van der Waals surface area (Å²) in [7, 11) is 0. The van der Waals surface area contributed by atoms with Gasteiger partial charge in [-0.1, -0.05) is 55.2 Å². The molecule has 0 N–H and O–H groups in total. The van der Waals surface area contributed by atoms with Gasteiger partial charge in [0, 0.05) is 0 Å². The zero-order chi connectivity index (χ0) is 18.7. The number of hydrogen-bond acceptors (Lipinski definition) is 4. The Morgan fingerprint density at radius 3 is 2.58 bits per heavy atom. The zero-order valence-electron chi connectivity index (χ0n) is 14.4. The first-order chi connectivity index (χ1) is 12.5. The minimum atomic E-state index is -0.475. The first kappa shape index (κ1) is 18.6. The van der Waals surface area contributed by atoms with Crippen LogP contribution in [-0.4, -0.2) is 16.3 Å². The number of hydrogen-bond donors (Lipinski definition) is 0.